The molecular formula is C37H46O11. The molecule has 1 aromatic rings. The van der Waals surface area contributed by atoms with E-state index in [1.807, 2.05) is 57.2 Å². The first-order valence-electron chi connectivity index (χ1n) is 16.9. The Balaban J connectivity index is 1.28. The van der Waals surface area contributed by atoms with Crippen molar-refractivity contribution in [3.63, 3.8) is 0 Å². The largest absolute Gasteiger partial charge is 0.468 e. The topological polar surface area (TPSA) is 133 Å². The third-order valence-electron chi connectivity index (χ3n) is 12.7. The first kappa shape index (κ1) is 33.2. The SMILES string of the molecule is COC(=O)[C@]12CO[C@@H]3[C@H](OC(=O)[C@@]45CC[C@@](C)(C(=O)O4)C5(C)C)C=C[C@](CCOC(=O)C(C)(C)C)([C@H]4C[C@@H]1O[C@@H](c1ccccc1)O4)[C@H]32. The standard InChI is InChI=1S/C37H46O11/c1-32(2,3)28(38)43-18-17-35-14-13-22(45-31(41)37-16-15-34(6,29(39)48-37)33(37,4)5)25-26(35)36(20-44-25,30(40)42-7)24-19-23(35)46-27(47-24)21-11-9-8-10-12-21/h8-14,22-27H,15-20H2,1-7H3/t22-,23-,24+,25-,26+,27+,34+,35+,36-,37-/m1/s1. The molecule has 1 aromatic carbocycles. The molecule has 3 aliphatic heterocycles. The summed E-state index contributed by atoms with van der Waals surface area (Å²) in [5.74, 6) is -2.48. The minimum atomic E-state index is -1.43. The lowest BCUT2D eigenvalue weighted by molar-refractivity contribution is -0.327. The van der Waals surface area contributed by atoms with Crippen molar-refractivity contribution in [2.24, 2.45) is 33.0 Å². The van der Waals surface area contributed by atoms with Gasteiger partial charge in [0.05, 0.1) is 43.4 Å². The maximum absolute atomic E-state index is 14.1. The lowest BCUT2D eigenvalue weighted by atomic mass is 9.48. The zero-order valence-corrected chi connectivity index (χ0v) is 28.7. The van der Waals surface area contributed by atoms with Crippen molar-refractivity contribution in [1.82, 2.24) is 0 Å². The van der Waals surface area contributed by atoms with E-state index in [4.69, 9.17) is 33.2 Å². The van der Waals surface area contributed by atoms with E-state index in [1.54, 1.807) is 26.8 Å². The molecule has 0 aromatic heterocycles. The molecule has 11 nitrogen and oxygen atoms in total. The molecule has 0 spiro atoms. The second-order valence-electron chi connectivity index (χ2n) is 16.2. The van der Waals surface area contributed by atoms with Gasteiger partial charge in [0.1, 0.15) is 17.6 Å². The van der Waals surface area contributed by atoms with Gasteiger partial charge in [-0.2, -0.15) is 0 Å². The summed E-state index contributed by atoms with van der Waals surface area (Å²) in [5.41, 5.74) is -5.09. The van der Waals surface area contributed by atoms with Crippen molar-refractivity contribution in [3.05, 3.63) is 48.0 Å². The molecule has 11 heteroatoms. The van der Waals surface area contributed by atoms with Gasteiger partial charge in [-0.1, -0.05) is 50.3 Å². The number of carbonyl (C=O) groups is 4. The van der Waals surface area contributed by atoms with E-state index in [0.717, 1.165) is 5.56 Å². The van der Waals surface area contributed by atoms with E-state index in [9.17, 15) is 19.2 Å². The Kier molecular flexibility index (Phi) is 7.52. The number of ether oxygens (including phenoxy) is 7. The molecule has 260 valence electrons. The number of rotatable bonds is 7. The summed E-state index contributed by atoms with van der Waals surface area (Å²) >= 11 is 0. The third kappa shape index (κ3) is 4.29. The molecule has 2 saturated carbocycles. The molecule has 3 saturated heterocycles. The summed E-state index contributed by atoms with van der Waals surface area (Å²) in [7, 11) is 1.35. The Hall–Kier alpha value is -3.28. The molecule has 7 rings (SSSR count). The van der Waals surface area contributed by atoms with Crippen LogP contribution in [0, 0.1) is 33.0 Å². The molecular weight excluding hydrogens is 620 g/mol. The average molecular weight is 667 g/mol. The summed E-state index contributed by atoms with van der Waals surface area (Å²) in [6.07, 6.45) is 1.77. The number of esters is 4. The molecule has 0 amide bonds. The minimum Gasteiger partial charge on any atom is -0.468 e. The van der Waals surface area contributed by atoms with Crippen LogP contribution in [0.3, 0.4) is 0 Å². The van der Waals surface area contributed by atoms with Crippen LogP contribution in [0.2, 0.25) is 0 Å². The van der Waals surface area contributed by atoms with Crippen LogP contribution in [0.5, 0.6) is 0 Å². The summed E-state index contributed by atoms with van der Waals surface area (Å²) in [6, 6.07) is 9.53. The van der Waals surface area contributed by atoms with Crippen LogP contribution in [0.4, 0.5) is 0 Å². The van der Waals surface area contributed by atoms with Gasteiger partial charge < -0.3 is 33.2 Å². The molecule has 5 fully saturated rings. The molecule has 0 radical (unpaired) electrons. The van der Waals surface area contributed by atoms with E-state index in [1.165, 1.54) is 7.11 Å². The van der Waals surface area contributed by atoms with Gasteiger partial charge in [0.2, 0.25) is 5.60 Å². The highest BCUT2D eigenvalue weighted by atomic mass is 16.7. The Labute approximate surface area is 280 Å². The van der Waals surface area contributed by atoms with Gasteiger partial charge in [0.15, 0.2) is 6.29 Å². The molecule has 3 aliphatic carbocycles. The van der Waals surface area contributed by atoms with E-state index < -0.39 is 87.2 Å². The smallest absolute Gasteiger partial charge is 0.351 e. The summed E-state index contributed by atoms with van der Waals surface area (Å²) in [4.78, 5) is 54.0. The van der Waals surface area contributed by atoms with Crippen LogP contribution in [0.15, 0.2) is 42.5 Å². The number of benzene rings is 1. The lowest BCUT2D eigenvalue weighted by Crippen LogP contribution is -2.69. The van der Waals surface area contributed by atoms with Gasteiger partial charge in [-0.3, -0.25) is 14.4 Å². The van der Waals surface area contributed by atoms with Crippen molar-refractivity contribution in [2.75, 3.05) is 20.3 Å². The molecule has 0 unspecified atom stereocenters. The van der Waals surface area contributed by atoms with E-state index in [0.29, 0.717) is 25.7 Å². The van der Waals surface area contributed by atoms with Crippen LogP contribution < -0.4 is 0 Å². The maximum atomic E-state index is 14.1. The highest BCUT2D eigenvalue weighted by Gasteiger charge is 2.78. The van der Waals surface area contributed by atoms with Gasteiger partial charge in [-0.25, -0.2) is 4.79 Å². The predicted molar refractivity (Wildman–Crippen MR) is 168 cm³/mol. The van der Waals surface area contributed by atoms with Crippen molar-refractivity contribution in [1.29, 1.82) is 0 Å². The molecule has 48 heavy (non-hydrogen) atoms. The highest BCUT2D eigenvalue weighted by molar-refractivity contribution is 5.93. The van der Waals surface area contributed by atoms with Crippen LogP contribution >= 0.6 is 0 Å². The van der Waals surface area contributed by atoms with Crippen molar-refractivity contribution in [3.8, 4) is 0 Å². The molecule has 0 N–H and O–H groups in total. The van der Waals surface area contributed by atoms with Crippen LogP contribution in [-0.2, 0) is 52.3 Å². The van der Waals surface area contributed by atoms with Gasteiger partial charge >= 0.3 is 23.9 Å². The first-order chi connectivity index (χ1) is 22.6. The van der Waals surface area contributed by atoms with Crippen LogP contribution in [-0.4, -0.2) is 74.2 Å². The summed E-state index contributed by atoms with van der Waals surface area (Å²) in [5, 5.41) is 0. The fourth-order valence-electron chi connectivity index (χ4n) is 9.42. The summed E-state index contributed by atoms with van der Waals surface area (Å²) in [6.45, 7) is 11.0. The Morgan fingerprint density at radius 3 is 2.31 bits per heavy atom. The minimum absolute atomic E-state index is 0.0309. The molecule has 10 atom stereocenters. The van der Waals surface area contributed by atoms with Crippen molar-refractivity contribution in [2.45, 2.75) is 104 Å². The number of carbonyl (C=O) groups excluding carboxylic acids is 4. The number of fused-ring (bicyclic) bond motifs is 6. The monoisotopic (exact) mass is 666 g/mol. The number of hydrogen-bond donors (Lipinski definition) is 0. The second kappa shape index (κ2) is 10.9. The molecule has 3 heterocycles. The first-order valence-corrected chi connectivity index (χ1v) is 16.9. The number of methoxy groups -OCH3 is 1. The quantitative estimate of drug-likeness (QED) is 0.229. The highest BCUT2D eigenvalue weighted by Crippen LogP contribution is 2.68. The maximum Gasteiger partial charge on any atom is 0.351 e. The Bertz CT molecular complexity index is 1550. The average Bonchev–Trinajstić information content (AvgIpc) is 3.62. The lowest BCUT2D eigenvalue weighted by Gasteiger charge is -2.60. The Morgan fingerprint density at radius 1 is 0.979 bits per heavy atom. The normalized spacial score (nSPS) is 41.7. The fraction of sp³-hybridized carbons (Fsp3) is 0.676. The second-order valence-corrected chi connectivity index (χ2v) is 16.2. The van der Waals surface area contributed by atoms with E-state index in [2.05, 4.69) is 0 Å². The van der Waals surface area contributed by atoms with Gasteiger partial charge in [0, 0.05) is 28.7 Å². The van der Waals surface area contributed by atoms with Crippen molar-refractivity contribution >= 4 is 23.9 Å². The van der Waals surface area contributed by atoms with E-state index in [-0.39, 0.29) is 19.2 Å². The van der Waals surface area contributed by atoms with Crippen LogP contribution in [0.1, 0.15) is 79.1 Å². The number of hydrogen-bond acceptors (Lipinski definition) is 11. The van der Waals surface area contributed by atoms with Crippen molar-refractivity contribution < 1.29 is 52.3 Å². The van der Waals surface area contributed by atoms with E-state index >= 15 is 0 Å². The van der Waals surface area contributed by atoms with Gasteiger partial charge in [-0.05, 0) is 53.0 Å². The third-order valence-corrected chi connectivity index (χ3v) is 12.7. The van der Waals surface area contributed by atoms with Gasteiger partial charge in [-0.15, -0.1) is 0 Å². The zero-order chi connectivity index (χ0) is 34.5. The molecule has 6 aliphatic rings. The van der Waals surface area contributed by atoms with Gasteiger partial charge in [0.25, 0.3) is 0 Å². The Morgan fingerprint density at radius 2 is 1.69 bits per heavy atom. The zero-order valence-electron chi connectivity index (χ0n) is 28.7. The predicted octanol–water partition coefficient (Wildman–Crippen LogP) is 4.62. The molecule has 4 bridgehead atoms. The summed E-state index contributed by atoms with van der Waals surface area (Å²) < 4.78 is 43.2. The fourth-order valence-corrected chi connectivity index (χ4v) is 9.42. The van der Waals surface area contributed by atoms with Crippen LogP contribution in [0.25, 0.3) is 0 Å².